The van der Waals surface area contributed by atoms with Gasteiger partial charge in [-0.2, -0.15) is 4.31 Å². The summed E-state index contributed by atoms with van der Waals surface area (Å²) in [6, 6.07) is 5.47. The van der Waals surface area contributed by atoms with Crippen molar-refractivity contribution in [1.29, 1.82) is 0 Å². The van der Waals surface area contributed by atoms with Gasteiger partial charge < -0.3 is 5.73 Å². The molecule has 2 N–H and O–H groups in total. The molecule has 0 bridgehead atoms. The van der Waals surface area contributed by atoms with Crippen molar-refractivity contribution < 1.29 is 8.42 Å². The normalized spacial score (nSPS) is 15.8. The van der Waals surface area contributed by atoms with Crippen molar-refractivity contribution in [1.82, 2.24) is 4.31 Å². The second-order valence-corrected chi connectivity index (χ2v) is 7.38. The molecule has 4 nitrogen and oxygen atoms in total. The van der Waals surface area contributed by atoms with E-state index in [9.17, 15) is 8.42 Å². The van der Waals surface area contributed by atoms with E-state index in [1.54, 1.807) is 16.4 Å². The van der Waals surface area contributed by atoms with Gasteiger partial charge in [-0.15, -0.1) is 0 Å². The number of nitrogens with zero attached hydrogens (tertiary/aromatic N) is 1. The van der Waals surface area contributed by atoms with Crippen LogP contribution >= 0.6 is 0 Å². The number of rotatable bonds is 7. The maximum Gasteiger partial charge on any atom is 0.243 e. The van der Waals surface area contributed by atoms with Gasteiger partial charge in [-0.3, -0.25) is 0 Å². The smallest absolute Gasteiger partial charge is 0.243 e. The fourth-order valence-corrected chi connectivity index (χ4v) is 4.18. The Morgan fingerprint density at radius 1 is 1.35 bits per heavy atom. The Morgan fingerprint density at radius 3 is 2.55 bits per heavy atom. The standard InChI is InChI=1S/C15H24N2O2S/c1-3-4-9-17(14-6-7-14)20(18,19)15-8-5-13(11-16)12(2)10-15/h5,8,10,14H,3-4,6-7,9,11,16H2,1-2H3. The minimum absolute atomic E-state index is 0.209. The summed E-state index contributed by atoms with van der Waals surface area (Å²) in [5.74, 6) is 0. The first kappa shape index (κ1) is 15.5. The molecule has 0 aliphatic heterocycles. The summed E-state index contributed by atoms with van der Waals surface area (Å²) in [6.07, 6.45) is 3.89. The molecule has 0 spiro atoms. The Balaban J connectivity index is 2.29. The zero-order valence-corrected chi connectivity index (χ0v) is 13.1. The summed E-state index contributed by atoms with van der Waals surface area (Å²) in [5, 5.41) is 0. The molecule has 0 aromatic heterocycles. The number of benzene rings is 1. The van der Waals surface area contributed by atoms with Crippen LogP contribution < -0.4 is 5.73 Å². The first-order valence-electron chi connectivity index (χ1n) is 7.32. The maximum atomic E-state index is 12.8. The van der Waals surface area contributed by atoms with E-state index < -0.39 is 10.0 Å². The van der Waals surface area contributed by atoms with E-state index in [4.69, 9.17) is 5.73 Å². The minimum atomic E-state index is -3.37. The summed E-state index contributed by atoms with van der Waals surface area (Å²) >= 11 is 0. The zero-order valence-electron chi connectivity index (χ0n) is 12.3. The van der Waals surface area contributed by atoms with Gasteiger partial charge in [-0.25, -0.2) is 8.42 Å². The van der Waals surface area contributed by atoms with Crippen LogP contribution in [0.1, 0.15) is 43.7 Å². The molecule has 0 saturated heterocycles. The van der Waals surface area contributed by atoms with Crippen LogP contribution in [0.5, 0.6) is 0 Å². The second-order valence-electron chi connectivity index (χ2n) is 5.49. The molecule has 0 amide bonds. The first-order chi connectivity index (χ1) is 9.50. The lowest BCUT2D eigenvalue weighted by Gasteiger charge is -2.22. The van der Waals surface area contributed by atoms with E-state index >= 15 is 0 Å². The molecule has 0 atom stereocenters. The third kappa shape index (κ3) is 3.22. The van der Waals surface area contributed by atoms with Crippen LogP contribution in [0.2, 0.25) is 0 Å². The van der Waals surface area contributed by atoms with Crippen molar-refractivity contribution in [3.63, 3.8) is 0 Å². The predicted octanol–water partition coefficient (Wildman–Crippen LogP) is 2.41. The van der Waals surface area contributed by atoms with E-state index in [-0.39, 0.29) is 6.04 Å². The van der Waals surface area contributed by atoms with Crippen LogP contribution in [0.25, 0.3) is 0 Å². The Kier molecular flexibility index (Phi) is 4.83. The van der Waals surface area contributed by atoms with Crippen LogP contribution in [0.3, 0.4) is 0 Å². The van der Waals surface area contributed by atoms with Crippen molar-refractivity contribution in [2.24, 2.45) is 5.73 Å². The minimum Gasteiger partial charge on any atom is -0.326 e. The molecule has 1 aliphatic rings. The Labute approximate surface area is 122 Å². The van der Waals surface area contributed by atoms with E-state index in [0.717, 1.165) is 36.8 Å². The summed E-state index contributed by atoms with van der Waals surface area (Å²) in [4.78, 5) is 0.398. The van der Waals surface area contributed by atoms with Crippen molar-refractivity contribution in [3.05, 3.63) is 29.3 Å². The summed E-state index contributed by atoms with van der Waals surface area (Å²) in [6.45, 7) is 5.06. The maximum absolute atomic E-state index is 12.8. The van der Waals surface area contributed by atoms with Crippen LogP contribution in [-0.2, 0) is 16.6 Å². The quantitative estimate of drug-likeness (QED) is 0.840. The topological polar surface area (TPSA) is 63.4 Å². The van der Waals surface area contributed by atoms with E-state index in [1.807, 2.05) is 13.0 Å². The Hall–Kier alpha value is -0.910. The van der Waals surface area contributed by atoms with Crippen LogP contribution in [0, 0.1) is 6.92 Å². The van der Waals surface area contributed by atoms with Crippen LogP contribution in [-0.4, -0.2) is 25.3 Å². The van der Waals surface area contributed by atoms with E-state index in [2.05, 4.69) is 6.92 Å². The molecular formula is C15H24N2O2S. The third-order valence-electron chi connectivity index (χ3n) is 3.83. The lowest BCUT2D eigenvalue weighted by atomic mass is 10.1. The summed E-state index contributed by atoms with van der Waals surface area (Å²) in [5.41, 5.74) is 7.57. The largest absolute Gasteiger partial charge is 0.326 e. The molecule has 2 rings (SSSR count). The molecule has 0 unspecified atom stereocenters. The van der Waals surface area contributed by atoms with Gasteiger partial charge in [0, 0.05) is 19.1 Å². The lowest BCUT2D eigenvalue weighted by Crippen LogP contribution is -2.34. The van der Waals surface area contributed by atoms with Gasteiger partial charge in [0.1, 0.15) is 0 Å². The van der Waals surface area contributed by atoms with E-state index in [0.29, 0.717) is 18.0 Å². The van der Waals surface area contributed by atoms with Crippen molar-refractivity contribution in [2.45, 2.75) is 57.0 Å². The molecule has 0 heterocycles. The number of unbranched alkanes of at least 4 members (excludes halogenated alkanes) is 1. The lowest BCUT2D eigenvalue weighted by molar-refractivity contribution is 0.395. The molecule has 1 saturated carbocycles. The van der Waals surface area contributed by atoms with Crippen LogP contribution in [0.15, 0.2) is 23.1 Å². The number of hydrogen-bond acceptors (Lipinski definition) is 3. The summed E-state index contributed by atoms with van der Waals surface area (Å²) < 4.78 is 27.2. The molecule has 1 aromatic rings. The number of sulfonamides is 1. The number of hydrogen-bond donors (Lipinski definition) is 1. The predicted molar refractivity (Wildman–Crippen MR) is 80.9 cm³/mol. The van der Waals surface area contributed by atoms with Gasteiger partial charge in [-0.05, 0) is 49.4 Å². The SMILES string of the molecule is CCCCN(C1CC1)S(=O)(=O)c1ccc(CN)c(C)c1. The average Bonchev–Trinajstić information content (AvgIpc) is 3.23. The Morgan fingerprint density at radius 2 is 2.05 bits per heavy atom. The molecule has 112 valence electrons. The third-order valence-corrected chi connectivity index (χ3v) is 5.77. The highest BCUT2D eigenvalue weighted by molar-refractivity contribution is 7.89. The van der Waals surface area contributed by atoms with Crippen molar-refractivity contribution >= 4 is 10.0 Å². The van der Waals surface area contributed by atoms with Gasteiger partial charge in [-0.1, -0.05) is 19.4 Å². The monoisotopic (exact) mass is 296 g/mol. The number of aryl methyl sites for hydroxylation is 1. The highest BCUT2D eigenvalue weighted by Crippen LogP contribution is 2.32. The van der Waals surface area contributed by atoms with Gasteiger partial charge >= 0.3 is 0 Å². The zero-order chi connectivity index (χ0) is 14.8. The molecule has 1 fully saturated rings. The highest BCUT2D eigenvalue weighted by atomic mass is 32.2. The number of nitrogens with two attached hydrogens (primary N) is 1. The Bertz CT molecular complexity index is 565. The molecule has 1 aliphatic carbocycles. The van der Waals surface area contributed by atoms with Gasteiger partial charge in [0.05, 0.1) is 4.90 Å². The molecule has 20 heavy (non-hydrogen) atoms. The highest BCUT2D eigenvalue weighted by Gasteiger charge is 2.37. The van der Waals surface area contributed by atoms with Crippen molar-refractivity contribution in [3.8, 4) is 0 Å². The average molecular weight is 296 g/mol. The molecule has 1 aromatic carbocycles. The van der Waals surface area contributed by atoms with Gasteiger partial charge in [0.25, 0.3) is 0 Å². The van der Waals surface area contributed by atoms with Gasteiger partial charge in [0.15, 0.2) is 0 Å². The van der Waals surface area contributed by atoms with E-state index in [1.165, 1.54) is 0 Å². The van der Waals surface area contributed by atoms with Gasteiger partial charge in [0.2, 0.25) is 10.0 Å². The summed E-state index contributed by atoms with van der Waals surface area (Å²) in [7, 11) is -3.37. The van der Waals surface area contributed by atoms with Crippen LogP contribution in [0.4, 0.5) is 0 Å². The fraction of sp³-hybridized carbons (Fsp3) is 0.600. The molecular weight excluding hydrogens is 272 g/mol. The molecule has 5 heteroatoms. The first-order valence-corrected chi connectivity index (χ1v) is 8.76. The van der Waals surface area contributed by atoms with Crippen molar-refractivity contribution in [2.75, 3.05) is 6.54 Å². The second kappa shape index (κ2) is 6.24. The fourth-order valence-electron chi connectivity index (χ4n) is 2.37. The molecule has 0 radical (unpaired) electrons.